The quantitative estimate of drug-likeness (QED) is 0.861. The number of aliphatic hydroxyl groups excluding tert-OH is 1. The first-order chi connectivity index (χ1) is 8.69. The number of aliphatic hydroxyl groups is 1. The Bertz CT molecular complexity index is 381. The Morgan fingerprint density at radius 1 is 1.50 bits per heavy atom. The normalized spacial score (nSPS) is 25.9. The van der Waals surface area contributed by atoms with Crippen molar-refractivity contribution >= 4 is 5.82 Å². The van der Waals surface area contributed by atoms with Crippen LogP contribution in [0.25, 0.3) is 0 Å². The van der Waals surface area contributed by atoms with Crippen molar-refractivity contribution in [1.29, 1.82) is 0 Å². The van der Waals surface area contributed by atoms with E-state index >= 15 is 0 Å². The maximum absolute atomic E-state index is 10.4. The Kier molecular flexibility index (Phi) is 4.59. The zero-order valence-electron chi connectivity index (χ0n) is 11.2. The first-order valence-electron chi connectivity index (χ1n) is 7.07. The molecule has 1 aromatic heterocycles. The molecule has 100 valence electrons. The third-order valence-corrected chi connectivity index (χ3v) is 4.24. The summed E-state index contributed by atoms with van der Waals surface area (Å²) in [6.07, 6.45) is 8.37. The molecule has 0 saturated heterocycles. The summed E-state index contributed by atoms with van der Waals surface area (Å²) in [5.41, 5.74) is 6.75. The number of aromatic nitrogens is 1. The second-order valence-corrected chi connectivity index (χ2v) is 5.56. The summed E-state index contributed by atoms with van der Waals surface area (Å²) in [6, 6.07) is 3.81. The molecule has 0 aliphatic heterocycles. The highest BCUT2D eigenvalue weighted by molar-refractivity contribution is 5.32. The van der Waals surface area contributed by atoms with Crippen LogP contribution in [-0.2, 0) is 6.42 Å². The highest BCUT2D eigenvalue weighted by atomic mass is 16.3. The molecular weight excluding hydrogens is 224 g/mol. The van der Waals surface area contributed by atoms with Gasteiger partial charge in [-0.25, -0.2) is 4.98 Å². The van der Waals surface area contributed by atoms with Crippen molar-refractivity contribution in [2.24, 2.45) is 11.8 Å². The van der Waals surface area contributed by atoms with Gasteiger partial charge in [-0.15, -0.1) is 0 Å². The highest BCUT2D eigenvalue weighted by Gasteiger charge is 2.26. The molecule has 0 bridgehead atoms. The van der Waals surface area contributed by atoms with Crippen molar-refractivity contribution in [2.45, 2.75) is 51.6 Å². The topological polar surface area (TPSA) is 59.1 Å². The molecule has 3 atom stereocenters. The van der Waals surface area contributed by atoms with Gasteiger partial charge in [0.2, 0.25) is 0 Å². The van der Waals surface area contributed by atoms with Crippen LogP contribution in [0.5, 0.6) is 0 Å². The molecule has 1 heterocycles. The maximum atomic E-state index is 10.4. The van der Waals surface area contributed by atoms with Gasteiger partial charge in [0.25, 0.3) is 0 Å². The summed E-state index contributed by atoms with van der Waals surface area (Å²) in [4.78, 5) is 3.98. The SMILES string of the molecule is CCC1CCCC(C(O)Cc2ccnc(N)c2)C1. The Balaban J connectivity index is 1.93. The predicted octanol–water partition coefficient (Wildman–Crippen LogP) is 2.78. The average Bonchev–Trinajstić information content (AvgIpc) is 2.39. The van der Waals surface area contributed by atoms with E-state index in [2.05, 4.69) is 11.9 Å². The smallest absolute Gasteiger partial charge is 0.123 e. The van der Waals surface area contributed by atoms with Crippen molar-refractivity contribution in [3.63, 3.8) is 0 Å². The van der Waals surface area contributed by atoms with Crippen LogP contribution < -0.4 is 5.73 Å². The molecule has 3 unspecified atom stereocenters. The van der Waals surface area contributed by atoms with Gasteiger partial charge in [0.15, 0.2) is 0 Å². The van der Waals surface area contributed by atoms with Gasteiger partial charge in [-0.3, -0.25) is 0 Å². The van der Waals surface area contributed by atoms with Crippen LogP contribution in [-0.4, -0.2) is 16.2 Å². The number of hydrogen-bond donors (Lipinski definition) is 2. The lowest BCUT2D eigenvalue weighted by molar-refractivity contribution is 0.0685. The van der Waals surface area contributed by atoms with Crippen LogP contribution >= 0.6 is 0 Å². The third-order valence-electron chi connectivity index (χ3n) is 4.24. The second kappa shape index (κ2) is 6.19. The fourth-order valence-electron chi connectivity index (χ4n) is 3.08. The number of nitrogens with zero attached hydrogens (tertiary/aromatic N) is 1. The summed E-state index contributed by atoms with van der Waals surface area (Å²) < 4.78 is 0. The summed E-state index contributed by atoms with van der Waals surface area (Å²) in [6.45, 7) is 2.25. The first kappa shape index (κ1) is 13.3. The fourth-order valence-corrected chi connectivity index (χ4v) is 3.08. The maximum Gasteiger partial charge on any atom is 0.123 e. The Hall–Kier alpha value is -1.09. The van der Waals surface area contributed by atoms with E-state index in [-0.39, 0.29) is 6.10 Å². The number of hydrogen-bond acceptors (Lipinski definition) is 3. The molecule has 0 radical (unpaired) electrons. The van der Waals surface area contributed by atoms with Crippen molar-refractivity contribution in [1.82, 2.24) is 4.98 Å². The van der Waals surface area contributed by atoms with Crippen LogP contribution in [0, 0.1) is 11.8 Å². The molecule has 1 aromatic rings. The number of rotatable bonds is 4. The zero-order chi connectivity index (χ0) is 13.0. The van der Waals surface area contributed by atoms with E-state index in [1.807, 2.05) is 12.1 Å². The number of pyridine rings is 1. The highest BCUT2D eigenvalue weighted by Crippen LogP contribution is 2.33. The molecular formula is C15H24N2O. The van der Waals surface area contributed by atoms with E-state index in [9.17, 15) is 5.11 Å². The van der Waals surface area contributed by atoms with Gasteiger partial charge in [-0.05, 0) is 48.8 Å². The molecule has 0 spiro atoms. The number of nitrogen functional groups attached to an aromatic ring is 1. The number of nitrogens with two attached hydrogens (primary N) is 1. The van der Waals surface area contributed by atoms with E-state index in [1.54, 1.807) is 6.20 Å². The van der Waals surface area contributed by atoms with E-state index in [1.165, 1.54) is 25.7 Å². The summed E-state index contributed by atoms with van der Waals surface area (Å²) in [5.74, 6) is 1.80. The van der Waals surface area contributed by atoms with Gasteiger partial charge in [0, 0.05) is 6.20 Å². The monoisotopic (exact) mass is 248 g/mol. The van der Waals surface area contributed by atoms with Gasteiger partial charge in [0.05, 0.1) is 6.10 Å². The molecule has 1 aliphatic rings. The van der Waals surface area contributed by atoms with Gasteiger partial charge in [0.1, 0.15) is 5.82 Å². The van der Waals surface area contributed by atoms with Crippen molar-refractivity contribution in [2.75, 3.05) is 5.73 Å². The fraction of sp³-hybridized carbons (Fsp3) is 0.667. The minimum absolute atomic E-state index is 0.235. The van der Waals surface area contributed by atoms with E-state index < -0.39 is 0 Å². The molecule has 0 aromatic carbocycles. The minimum atomic E-state index is -0.235. The van der Waals surface area contributed by atoms with Crippen LogP contribution in [0.1, 0.15) is 44.6 Å². The van der Waals surface area contributed by atoms with Gasteiger partial charge in [-0.1, -0.05) is 26.2 Å². The van der Waals surface area contributed by atoms with Crippen molar-refractivity contribution < 1.29 is 5.11 Å². The Morgan fingerprint density at radius 2 is 2.33 bits per heavy atom. The third kappa shape index (κ3) is 3.45. The van der Waals surface area contributed by atoms with E-state index in [4.69, 9.17) is 5.73 Å². The molecule has 0 amide bonds. The molecule has 1 aliphatic carbocycles. The molecule has 2 rings (SSSR count). The molecule has 1 saturated carbocycles. The second-order valence-electron chi connectivity index (χ2n) is 5.56. The van der Waals surface area contributed by atoms with Crippen LogP contribution in [0.2, 0.25) is 0 Å². The van der Waals surface area contributed by atoms with Gasteiger partial charge in [-0.2, -0.15) is 0 Å². The zero-order valence-corrected chi connectivity index (χ0v) is 11.2. The average molecular weight is 248 g/mol. The predicted molar refractivity (Wildman–Crippen MR) is 74.1 cm³/mol. The van der Waals surface area contributed by atoms with Crippen LogP contribution in [0.3, 0.4) is 0 Å². The Morgan fingerprint density at radius 3 is 3.06 bits per heavy atom. The Labute approximate surface area is 109 Å². The summed E-state index contributed by atoms with van der Waals surface area (Å²) in [7, 11) is 0. The van der Waals surface area contributed by atoms with Crippen LogP contribution in [0.4, 0.5) is 5.82 Å². The summed E-state index contributed by atoms with van der Waals surface area (Å²) >= 11 is 0. The van der Waals surface area contributed by atoms with Crippen LogP contribution in [0.15, 0.2) is 18.3 Å². The first-order valence-corrected chi connectivity index (χ1v) is 7.07. The molecule has 3 nitrogen and oxygen atoms in total. The lowest BCUT2D eigenvalue weighted by Crippen LogP contribution is -2.28. The van der Waals surface area contributed by atoms with E-state index in [0.29, 0.717) is 18.2 Å². The standard InChI is InChI=1S/C15H24N2O/c1-2-11-4-3-5-13(8-11)14(18)9-12-6-7-17-15(16)10-12/h6-7,10-11,13-14,18H,2-5,8-9H2,1H3,(H2,16,17). The molecule has 3 heteroatoms. The van der Waals surface area contributed by atoms with Crippen molar-refractivity contribution in [3.8, 4) is 0 Å². The largest absolute Gasteiger partial charge is 0.392 e. The van der Waals surface area contributed by atoms with Crippen molar-refractivity contribution in [3.05, 3.63) is 23.9 Å². The van der Waals surface area contributed by atoms with Gasteiger partial charge < -0.3 is 10.8 Å². The number of anilines is 1. The lowest BCUT2D eigenvalue weighted by Gasteiger charge is -2.31. The minimum Gasteiger partial charge on any atom is -0.392 e. The molecule has 1 fully saturated rings. The van der Waals surface area contributed by atoms with Gasteiger partial charge >= 0.3 is 0 Å². The molecule has 18 heavy (non-hydrogen) atoms. The summed E-state index contributed by atoms with van der Waals surface area (Å²) in [5, 5.41) is 10.4. The molecule has 3 N–H and O–H groups in total. The lowest BCUT2D eigenvalue weighted by atomic mass is 9.76. The van der Waals surface area contributed by atoms with E-state index in [0.717, 1.165) is 17.9 Å².